The van der Waals surface area contributed by atoms with Crippen LogP contribution < -0.4 is 5.73 Å². The summed E-state index contributed by atoms with van der Waals surface area (Å²) in [7, 11) is 0. The third-order valence-electron chi connectivity index (χ3n) is 3.78. The van der Waals surface area contributed by atoms with Crippen LogP contribution in [0.3, 0.4) is 0 Å². The number of rotatable bonds is 4. The van der Waals surface area contributed by atoms with Crippen LogP contribution in [0.25, 0.3) is 0 Å². The lowest BCUT2D eigenvalue weighted by Gasteiger charge is -2.35. The van der Waals surface area contributed by atoms with Crippen molar-refractivity contribution >= 4 is 5.69 Å². The minimum Gasteiger partial charge on any atom is -0.398 e. The maximum absolute atomic E-state index is 6.06. The van der Waals surface area contributed by atoms with E-state index in [1.807, 2.05) is 6.07 Å². The predicted molar refractivity (Wildman–Crippen MR) is 82.1 cm³/mol. The number of nitrogens with two attached hydrogens (primary N) is 1. The monoisotopic (exact) mass is 261 g/mol. The second kappa shape index (κ2) is 6.40. The van der Waals surface area contributed by atoms with Gasteiger partial charge in [0.2, 0.25) is 0 Å². The van der Waals surface area contributed by atoms with Crippen molar-refractivity contribution in [2.45, 2.75) is 27.3 Å². The van der Waals surface area contributed by atoms with Gasteiger partial charge < -0.3 is 10.6 Å². The first-order chi connectivity index (χ1) is 9.04. The minimum absolute atomic E-state index is 0.763. The van der Waals surface area contributed by atoms with E-state index in [9.17, 15) is 0 Å². The Morgan fingerprint density at radius 1 is 1.11 bits per heavy atom. The summed E-state index contributed by atoms with van der Waals surface area (Å²) >= 11 is 0. The zero-order valence-corrected chi connectivity index (χ0v) is 12.5. The number of benzene rings is 1. The van der Waals surface area contributed by atoms with Crippen molar-refractivity contribution in [2.24, 2.45) is 5.92 Å². The van der Waals surface area contributed by atoms with Crippen LogP contribution in [0.5, 0.6) is 0 Å². The average molecular weight is 261 g/mol. The first-order valence-corrected chi connectivity index (χ1v) is 7.34. The molecule has 1 fully saturated rings. The van der Waals surface area contributed by atoms with E-state index >= 15 is 0 Å². The van der Waals surface area contributed by atoms with Gasteiger partial charge in [-0.1, -0.05) is 31.5 Å². The molecule has 1 aromatic rings. The number of nitrogen functional groups attached to an aromatic ring is 1. The molecule has 1 aliphatic rings. The molecule has 3 nitrogen and oxygen atoms in total. The molecule has 0 unspecified atom stereocenters. The third kappa shape index (κ3) is 4.22. The summed E-state index contributed by atoms with van der Waals surface area (Å²) in [6, 6.07) is 6.33. The summed E-state index contributed by atoms with van der Waals surface area (Å²) in [6.07, 6.45) is 0. The summed E-state index contributed by atoms with van der Waals surface area (Å²) in [5, 5.41) is 0. The molecule has 0 radical (unpaired) electrons. The van der Waals surface area contributed by atoms with Crippen LogP contribution in [-0.2, 0) is 6.54 Å². The van der Waals surface area contributed by atoms with Gasteiger partial charge in [-0.3, -0.25) is 4.90 Å². The Kier molecular flexibility index (Phi) is 4.83. The summed E-state index contributed by atoms with van der Waals surface area (Å²) < 4.78 is 0. The fraction of sp³-hybridized carbons (Fsp3) is 0.625. The van der Waals surface area contributed by atoms with Gasteiger partial charge in [-0.05, 0) is 24.5 Å². The number of anilines is 1. The SMILES string of the molecule is Cc1ccc(N)c(CN2CCN(CC(C)C)CC2)c1. The van der Waals surface area contributed by atoms with Crippen LogP contribution in [0.15, 0.2) is 18.2 Å². The van der Waals surface area contributed by atoms with Crippen LogP contribution in [0, 0.1) is 12.8 Å². The Bertz CT molecular complexity index is 406. The largest absolute Gasteiger partial charge is 0.398 e. The first-order valence-electron chi connectivity index (χ1n) is 7.34. The molecular formula is C16H27N3. The van der Waals surface area contributed by atoms with E-state index in [0.717, 1.165) is 31.2 Å². The molecule has 0 bridgehead atoms. The molecule has 3 heteroatoms. The number of hydrogen-bond donors (Lipinski definition) is 1. The molecule has 0 saturated carbocycles. The van der Waals surface area contributed by atoms with Crippen molar-refractivity contribution in [1.29, 1.82) is 0 Å². The quantitative estimate of drug-likeness (QED) is 0.845. The summed E-state index contributed by atoms with van der Waals surface area (Å²) in [5.74, 6) is 0.763. The van der Waals surface area contributed by atoms with Crippen LogP contribution in [-0.4, -0.2) is 42.5 Å². The Balaban J connectivity index is 1.87. The fourth-order valence-electron chi connectivity index (χ4n) is 2.76. The number of nitrogens with zero attached hydrogens (tertiary/aromatic N) is 2. The molecule has 2 rings (SSSR count). The van der Waals surface area contributed by atoms with Crippen molar-refractivity contribution in [1.82, 2.24) is 9.80 Å². The molecule has 2 N–H and O–H groups in total. The average Bonchev–Trinajstić information content (AvgIpc) is 2.35. The van der Waals surface area contributed by atoms with Crippen LogP contribution in [0.4, 0.5) is 5.69 Å². The molecule has 0 spiro atoms. The molecule has 1 saturated heterocycles. The van der Waals surface area contributed by atoms with E-state index in [2.05, 4.69) is 42.7 Å². The highest BCUT2D eigenvalue weighted by Crippen LogP contribution is 2.17. The maximum atomic E-state index is 6.06. The smallest absolute Gasteiger partial charge is 0.0359 e. The lowest BCUT2D eigenvalue weighted by molar-refractivity contribution is 0.117. The molecule has 0 atom stereocenters. The lowest BCUT2D eigenvalue weighted by atomic mass is 10.1. The number of piperazine rings is 1. The minimum atomic E-state index is 0.763. The molecule has 0 aliphatic carbocycles. The van der Waals surface area contributed by atoms with Gasteiger partial charge in [0.25, 0.3) is 0 Å². The zero-order chi connectivity index (χ0) is 13.8. The van der Waals surface area contributed by atoms with Gasteiger partial charge >= 0.3 is 0 Å². The highest BCUT2D eigenvalue weighted by molar-refractivity contribution is 5.48. The van der Waals surface area contributed by atoms with Crippen molar-refractivity contribution in [2.75, 3.05) is 38.5 Å². The third-order valence-corrected chi connectivity index (χ3v) is 3.78. The summed E-state index contributed by atoms with van der Waals surface area (Å²) in [6.45, 7) is 13.6. The van der Waals surface area contributed by atoms with Crippen molar-refractivity contribution in [3.63, 3.8) is 0 Å². The molecule has 1 aromatic carbocycles. The topological polar surface area (TPSA) is 32.5 Å². The Morgan fingerprint density at radius 2 is 1.74 bits per heavy atom. The molecular weight excluding hydrogens is 234 g/mol. The maximum Gasteiger partial charge on any atom is 0.0359 e. The summed E-state index contributed by atoms with van der Waals surface area (Å²) in [5.41, 5.74) is 9.56. The molecule has 19 heavy (non-hydrogen) atoms. The standard InChI is InChI=1S/C16H27N3/c1-13(2)11-18-6-8-19(9-7-18)12-15-10-14(3)4-5-16(15)17/h4-5,10,13H,6-9,11-12,17H2,1-3H3. The Labute approximate surface area is 117 Å². The van der Waals surface area contributed by atoms with E-state index in [-0.39, 0.29) is 0 Å². The Hall–Kier alpha value is -1.06. The highest BCUT2D eigenvalue weighted by Gasteiger charge is 2.18. The van der Waals surface area contributed by atoms with E-state index in [0.29, 0.717) is 0 Å². The molecule has 0 amide bonds. The van der Waals surface area contributed by atoms with Gasteiger partial charge in [0, 0.05) is 45.0 Å². The second-order valence-corrected chi connectivity index (χ2v) is 6.17. The molecule has 1 aliphatic heterocycles. The van der Waals surface area contributed by atoms with Crippen molar-refractivity contribution in [3.05, 3.63) is 29.3 Å². The van der Waals surface area contributed by atoms with Crippen molar-refractivity contribution in [3.8, 4) is 0 Å². The van der Waals surface area contributed by atoms with Gasteiger partial charge in [0.1, 0.15) is 0 Å². The lowest BCUT2D eigenvalue weighted by Crippen LogP contribution is -2.46. The molecule has 106 valence electrons. The molecule has 1 heterocycles. The van der Waals surface area contributed by atoms with Crippen LogP contribution in [0.2, 0.25) is 0 Å². The van der Waals surface area contributed by atoms with Gasteiger partial charge in [0.15, 0.2) is 0 Å². The van der Waals surface area contributed by atoms with Gasteiger partial charge in [-0.2, -0.15) is 0 Å². The zero-order valence-electron chi connectivity index (χ0n) is 12.5. The number of hydrogen-bond acceptors (Lipinski definition) is 3. The van der Waals surface area contributed by atoms with E-state index in [1.165, 1.54) is 30.8 Å². The van der Waals surface area contributed by atoms with E-state index < -0.39 is 0 Å². The predicted octanol–water partition coefficient (Wildman–Crippen LogP) is 2.35. The molecule has 0 aromatic heterocycles. The van der Waals surface area contributed by atoms with Gasteiger partial charge in [0.05, 0.1) is 0 Å². The van der Waals surface area contributed by atoms with Gasteiger partial charge in [-0.25, -0.2) is 0 Å². The fourth-order valence-corrected chi connectivity index (χ4v) is 2.76. The van der Waals surface area contributed by atoms with Crippen LogP contribution >= 0.6 is 0 Å². The van der Waals surface area contributed by atoms with E-state index in [1.54, 1.807) is 0 Å². The second-order valence-electron chi connectivity index (χ2n) is 6.17. The van der Waals surface area contributed by atoms with Gasteiger partial charge in [-0.15, -0.1) is 0 Å². The Morgan fingerprint density at radius 3 is 2.37 bits per heavy atom. The van der Waals surface area contributed by atoms with Crippen LogP contribution in [0.1, 0.15) is 25.0 Å². The number of aryl methyl sites for hydroxylation is 1. The summed E-state index contributed by atoms with van der Waals surface area (Å²) in [4.78, 5) is 5.09. The van der Waals surface area contributed by atoms with Crippen molar-refractivity contribution < 1.29 is 0 Å². The first kappa shape index (κ1) is 14.4. The van der Waals surface area contributed by atoms with E-state index in [4.69, 9.17) is 5.73 Å². The normalized spacial score (nSPS) is 18.1. The highest BCUT2D eigenvalue weighted by atomic mass is 15.3.